The Hall–Kier alpha value is -1.48. The molecule has 1 aromatic carbocycles. The number of benzene rings is 1. The van der Waals surface area contributed by atoms with E-state index in [1.807, 2.05) is 12.1 Å². The molecule has 1 heterocycles. The van der Waals surface area contributed by atoms with Crippen LogP contribution in [0, 0.1) is 5.92 Å². The highest BCUT2D eigenvalue weighted by Gasteiger charge is 2.24. The first-order chi connectivity index (χ1) is 13.2. The van der Waals surface area contributed by atoms with Crippen LogP contribution in [0.5, 0.6) is 11.5 Å². The van der Waals surface area contributed by atoms with Crippen molar-refractivity contribution in [2.24, 2.45) is 10.9 Å². The summed E-state index contributed by atoms with van der Waals surface area (Å²) in [6.45, 7) is 10.1. The first-order valence-electron chi connectivity index (χ1n) is 9.53. The summed E-state index contributed by atoms with van der Waals surface area (Å²) in [6, 6.07) is 4.12. The molecule has 1 saturated heterocycles. The van der Waals surface area contributed by atoms with Gasteiger partial charge in [0.1, 0.15) is 0 Å². The molecule has 7 heteroatoms. The average Bonchev–Trinajstić information content (AvgIpc) is 3.13. The third-order valence-electron chi connectivity index (χ3n) is 4.71. The maximum absolute atomic E-state index is 5.51. The van der Waals surface area contributed by atoms with Crippen LogP contribution in [-0.2, 0) is 17.7 Å². The molecule has 28 heavy (non-hydrogen) atoms. The molecule has 1 aliphatic rings. The Morgan fingerprint density at radius 1 is 1.32 bits per heavy atom. The lowest BCUT2D eigenvalue weighted by Gasteiger charge is -2.22. The van der Waals surface area contributed by atoms with Gasteiger partial charge in [0.05, 0.1) is 27.4 Å². The number of methoxy groups -OCH3 is 3. The Labute approximate surface area is 186 Å². The zero-order valence-electron chi connectivity index (χ0n) is 17.5. The van der Waals surface area contributed by atoms with Gasteiger partial charge < -0.3 is 24.4 Å². The minimum Gasteiger partial charge on any atom is -0.493 e. The predicted molar refractivity (Wildman–Crippen MR) is 125 cm³/mol. The molecule has 0 saturated carbocycles. The van der Waals surface area contributed by atoms with Crippen molar-refractivity contribution in [2.45, 2.75) is 26.3 Å². The number of allylic oxidation sites excluding steroid dienone is 1. The molecule has 1 unspecified atom stereocenters. The first kappa shape index (κ1) is 24.6. The molecule has 1 fully saturated rings. The second-order valence-electron chi connectivity index (χ2n) is 6.71. The second-order valence-corrected chi connectivity index (χ2v) is 6.71. The van der Waals surface area contributed by atoms with E-state index in [4.69, 9.17) is 19.2 Å². The van der Waals surface area contributed by atoms with Crippen LogP contribution in [0.3, 0.4) is 0 Å². The van der Waals surface area contributed by atoms with Crippen LogP contribution in [-0.4, -0.2) is 58.4 Å². The van der Waals surface area contributed by atoms with Crippen molar-refractivity contribution in [3.8, 4) is 11.5 Å². The van der Waals surface area contributed by atoms with E-state index in [0.717, 1.165) is 67.7 Å². The SMILES string of the molecule is C=CCc1cc(CN=C(NCC)N2CCC(COC)C2)cc(OC)c1OC.I. The Balaban J connectivity index is 0.00000392. The molecule has 0 aromatic heterocycles. The molecule has 1 atom stereocenters. The van der Waals surface area contributed by atoms with E-state index < -0.39 is 0 Å². The number of nitrogens with one attached hydrogen (secondary N) is 1. The molecule has 0 aliphatic carbocycles. The van der Waals surface area contributed by atoms with Crippen molar-refractivity contribution in [2.75, 3.05) is 47.6 Å². The van der Waals surface area contributed by atoms with Crippen LogP contribution >= 0.6 is 24.0 Å². The molecule has 1 aliphatic heterocycles. The molecule has 6 nitrogen and oxygen atoms in total. The average molecular weight is 503 g/mol. The normalized spacial score (nSPS) is 16.5. The zero-order valence-corrected chi connectivity index (χ0v) is 19.8. The third kappa shape index (κ3) is 6.55. The van der Waals surface area contributed by atoms with Crippen LogP contribution in [0.1, 0.15) is 24.5 Å². The van der Waals surface area contributed by atoms with Gasteiger partial charge in [-0.2, -0.15) is 0 Å². The Morgan fingerprint density at radius 2 is 2.11 bits per heavy atom. The highest BCUT2D eigenvalue weighted by Crippen LogP contribution is 2.33. The topological polar surface area (TPSA) is 55.3 Å². The summed E-state index contributed by atoms with van der Waals surface area (Å²) >= 11 is 0. The van der Waals surface area contributed by atoms with Gasteiger partial charge >= 0.3 is 0 Å². The summed E-state index contributed by atoms with van der Waals surface area (Å²) in [4.78, 5) is 7.18. The first-order valence-corrected chi connectivity index (χ1v) is 9.53. The lowest BCUT2D eigenvalue weighted by atomic mass is 10.1. The van der Waals surface area contributed by atoms with E-state index in [1.54, 1.807) is 21.3 Å². The Morgan fingerprint density at radius 3 is 2.71 bits per heavy atom. The second kappa shape index (κ2) is 12.9. The van der Waals surface area contributed by atoms with Crippen LogP contribution in [0.15, 0.2) is 29.8 Å². The quantitative estimate of drug-likeness (QED) is 0.242. The van der Waals surface area contributed by atoms with E-state index >= 15 is 0 Å². The summed E-state index contributed by atoms with van der Waals surface area (Å²) < 4.78 is 16.3. The van der Waals surface area contributed by atoms with E-state index in [2.05, 4.69) is 29.8 Å². The van der Waals surface area contributed by atoms with Crippen molar-refractivity contribution in [1.82, 2.24) is 10.2 Å². The van der Waals surface area contributed by atoms with Crippen molar-refractivity contribution >= 4 is 29.9 Å². The predicted octanol–water partition coefficient (Wildman–Crippen LogP) is 3.48. The maximum atomic E-state index is 5.51. The number of hydrogen-bond acceptors (Lipinski definition) is 4. The summed E-state index contributed by atoms with van der Waals surface area (Å²) in [7, 11) is 5.09. The fraction of sp³-hybridized carbons (Fsp3) is 0.571. The summed E-state index contributed by atoms with van der Waals surface area (Å²) in [5.74, 6) is 3.02. The molecular formula is C21H34IN3O3. The molecule has 2 rings (SSSR count). The third-order valence-corrected chi connectivity index (χ3v) is 4.71. The van der Waals surface area contributed by atoms with Gasteiger partial charge in [0.25, 0.3) is 0 Å². The molecular weight excluding hydrogens is 469 g/mol. The summed E-state index contributed by atoms with van der Waals surface area (Å²) in [6.07, 6.45) is 3.73. The van der Waals surface area contributed by atoms with Crippen molar-refractivity contribution < 1.29 is 14.2 Å². The van der Waals surface area contributed by atoms with Gasteiger partial charge in [-0.25, -0.2) is 4.99 Å². The highest BCUT2D eigenvalue weighted by molar-refractivity contribution is 14.0. The van der Waals surface area contributed by atoms with Crippen LogP contribution in [0.4, 0.5) is 0 Å². The minimum absolute atomic E-state index is 0. The van der Waals surface area contributed by atoms with Gasteiger partial charge in [-0.1, -0.05) is 6.08 Å². The molecule has 0 spiro atoms. The Bertz CT molecular complexity index is 652. The number of halogens is 1. The number of guanidine groups is 1. The van der Waals surface area contributed by atoms with E-state index in [9.17, 15) is 0 Å². The van der Waals surface area contributed by atoms with Gasteiger partial charge in [0.15, 0.2) is 17.5 Å². The van der Waals surface area contributed by atoms with Gasteiger partial charge in [0.2, 0.25) is 0 Å². The number of ether oxygens (including phenoxy) is 3. The van der Waals surface area contributed by atoms with Gasteiger partial charge in [-0.3, -0.25) is 0 Å². The molecule has 0 amide bonds. The molecule has 0 bridgehead atoms. The van der Waals surface area contributed by atoms with E-state index in [1.165, 1.54) is 0 Å². The Kier molecular flexibility index (Phi) is 11.3. The standard InChI is InChI=1S/C21H33N3O3.HI/c1-6-8-18-11-17(12-19(26-4)20(18)27-5)13-23-21(22-7-2)24-10-9-16(14-24)15-25-3;/h6,11-12,16H,1,7-10,13-15H2,2-5H3,(H,22,23);1H. The fourth-order valence-electron chi connectivity index (χ4n) is 3.49. The molecule has 1 aromatic rings. The van der Waals surface area contributed by atoms with Crippen LogP contribution in [0.25, 0.3) is 0 Å². The monoisotopic (exact) mass is 503 g/mol. The van der Waals surface area contributed by atoms with Gasteiger partial charge in [-0.05, 0) is 37.5 Å². The molecule has 0 radical (unpaired) electrons. The number of likely N-dealkylation sites (tertiary alicyclic amines) is 1. The maximum Gasteiger partial charge on any atom is 0.194 e. The summed E-state index contributed by atoms with van der Waals surface area (Å²) in [5.41, 5.74) is 2.15. The summed E-state index contributed by atoms with van der Waals surface area (Å²) in [5, 5.41) is 3.41. The number of aliphatic imine (C=N–C) groups is 1. The van der Waals surface area contributed by atoms with Gasteiger partial charge in [0, 0.05) is 38.2 Å². The van der Waals surface area contributed by atoms with Crippen LogP contribution < -0.4 is 14.8 Å². The fourth-order valence-corrected chi connectivity index (χ4v) is 3.49. The van der Waals surface area contributed by atoms with E-state index in [-0.39, 0.29) is 24.0 Å². The van der Waals surface area contributed by atoms with Crippen LogP contribution in [0.2, 0.25) is 0 Å². The van der Waals surface area contributed by atoms with Crippen molar-refractivity contribution in [3.63, 3.8) is 0 Å². The van der Waals surface area contributed by atoms with E-state index in [0.29, 0.717) is 12.5 Å². The van der Waals surface area contributed by atoms with Gasteiger partial charge in [-0.15, -0.1) is 30.6 Å². The number of rotatable bonds is 9. The zero-order chi connectivity index (χ0) is 19.6. The molecule has 158 valence electrons. The number of hydrogen-bond donors (Lipinski definition) is 1. The minimum atomic E-state index is 0. The van der Waals surface area contributed by atoms with Crippen molar-refractivity contribution in [3.05, 3.63) is 35.9 Å². The lowest BCUT2D eigenvalue weighted by Crippen LogP contribution is -2.40. The lowest BCUT2D eigenvalue weighted by molar-refractivity contribution is 0.157. The highest BCUT2D eigenvalue weighted by atomic mass is 127. The molecule has 1 N–H and O–H groups in total. The van der Waals surface area contributed by atoms with Crippen molar-refractivity contribution in [1.29, 1.82) is 0 Å². The smallest absolute Gasteiger partial charge is 0.194 e. The number of nitrogens with zero attached hydrogens (tertiary/aromatic N) is 2. The largest absolute Gasteiger partial charge is 0.493 e.